The molecule has 0 radical (unpaired) electrons. The molecular weight excluding hydrogens is 274 g/mol. The van der Waals surface area contributed by atoms with Crippen molar-refractivity contribution in [3.05, 3.63) is 18.2 Å². The molecule has 0 spiro atoms. The van der Waals surface area contributed by atoms with E-state index >= 15 is 0 Å². The number of carbonyl (C=O) groups is 1. The summed E-state index contributed by atoms with van der Waals surface area (Å²) < 4.78 is 20.7. The molecule has 0 atom stereocenters. The van der Waals surface area contributed by atoms with Gasteiger partial charge in [0.15, 0.2) is 0 Å². The third kappa shape index (κ3) is 7.41. The summed E-state index contributed by atoms with van der Waals surface area (Å²) in [4.78, 5) is 11.3. The van der Waals surface area contributed by atoms with E-state index in [9.17, 15) is 4.79 Å². The van der Waals surface area contributed by atoms with Gasteiger partial charge in [-0.05, 0) is 6.42 Å². The molecule has 118 valence electrons. The van der Waals surface area contributed by atoms with E-state index in [1.165, 1.54) is 0 Å². The van der Waals surface area contributed by atoms with Gasteiger partial charge in [-0.25, -0.2) is 4.79 Å². The predicted molar refractivity (Wildman–Crippen MR) is 79.6 cm³/mol. The molecular formula is C15H23NO5. The number of unbranched alkanes of at least 4 members (excludes halogenated alkanes) is 1. The summed E-state index contributed by atoms with van der Waals surface area (Å²) in [5.74, 6) is 0.875. The lowest BCUT2D eigenvalue weighted by molar-refractivity contribution is -0.149. The van der Waals surface area contributed by atoms with E-state index in [-0.39, 0.29) is 12.6 Å². The number of carbonyl (C=O) groups excluding carboxylic acids is 1. The van der Waals surface area contributed by atoms with Crippen LogP contribution in [0.5, 0.6) is 11.5 Å². The molecule has 0 bridgehead atoms. The fourth-order valence-electron chi connectivity index (χ4n) is 1.54. The van der Waals surface area contributed by atoms with Gasteiger partial charge >= 0.3 is 5.97 Å². The molecule has 0 aromatic heterocycles. The van der Waals surface area contributed by atoms with Crippen molar-refractivity contribution < 1.29 is 23.7 Å². The highest BCUT2D eigenvalue weighted by atomic mass is 16.6. The van der Waals surface area contributed by atoms with Gasteiger partial charge in [-0.1, -0.05) is 13.3 Å². The number of ether oxygens (including phenoxy) is 4. The third-order valence-electron chi connectivity index (χ3n) is 2.62. The second kappa shape index (κ2) is 9.88. The highest BCUT2D eigenvalue weighted by molar-refractivity contribution is 5.70. The lowest BCUT2D eigenvalue weighted by Gasteiger charge is -2.09. The van der Waals surface area contributed by atoms with Gasteiger partial charge in [0.05, 0.1) is 20.3 Å². The fraction of sp³-hybridized carbons (Fsp3) is 0.533. The second-order valence-electron chi connectivity index (χ2n) is 4.42. The number of hydrogen-bond acceptors (Lipinski definition) is 6. The van der Waals surface area contributed by atoms with Crippen LogP contribution in [0.25, 0.3) is 0 Å². The molecule has 0 aliphatic carbocycles. The minimum atomic E-state index is -0.353. The van der Waals surface area contributed by atoms with Gasteiger partial charge in [-0.15, -0.1) is 0 Å². The van der Waals surface area contributed by atoms with Crippen LogP contribution in [0.1, 0.15) is 19.8 Å². The summed E-state index contributed by atoms with van der Waals surface area (Å²) in [6.07, 6.45) is 1.86. The fourth-order valence-corrected chi connectivity index (χ4v) is 1.54. The molecule has 1 rings (SSSR count). The predicted octanol–water partition coefficient (Wildman–Crippen LogP) is 2.02. The Morgan fingerprint density at radius 3 is 2.62 bits per heavy atom. The Kier molecular flexibility index (Phi) is 8.04. The van der Waals surface area contributed by atoms with Crippen LogP contribution >= 0.6 is 0 Å². The monoisotopic (exact) mass is 297 g/mol. The van der Waals surface area contributed by atoms with E-state index in [0.29, 0.717) is 37.0 Å². The molecule has 0 saturated heterocycles. The zero-order valence-electron chi connectivity index (χ0n) is 12.6. The maximum atomic E-state index is 11.3. The number of anilines is 1. The lowest BCUT2D eigenvalue weighted by atomic mass is 10.3. The topological polar surface area (TPSA) is 80.0 Å². The molecule has 0 aliphatic rings. The van der Waals surface area contributed by atoms with Crippen LogP contribution in [0.15, 0.2) is 18.2 Å². The van der Waals surface area contributed by atoms with Crippen LogP contribution in [0.4, 0.5) is 5.69 Å². The van der Waals surface area contributed by atoms with Crippen LogP contribution in [-0.4, -0.2) is 39.5 Å². The number of esters is 1. The molecule has 1 aromatic rings. The largest absolute Gasteiger partial charge is 0.497 e. The van der Waals surface area contributed by atoms with Gasteiger partial charge in [0.2, 0.25) is 0 Å². The summed E-state index contributed by atoms with van der Waals surface area (Å²) in [5, 5.41) is 0. The van der Waals surface area contributed by atoms with Gasteiger partial charge in [0, 0.05) is 23.9 Å². The maximum absolute atomic E-state index is 11.3. The minimum absolute atomic E-state index is 0.0622. The summed E-state index contributed by atoms with van der Waals surface area (Å²) in [7, 11) is 1.56. The van der Waals surface area contributed by atoms with Crippen molar-refractivity contribution in [3.8, 4) is 11.5 Å². The maximum Gasteiger partial charge on any atom is 0.332 e. The Hall–Kier alpha value is -1.95. The SMILES string of the molecule is CCCCOC(=O)COCCOc1cc(N)cc(OC)c1. The third-order valence-corrected chi connectivity index (χ3v) is 2.62. The molecule has 6 nitrogen and oxygen atoms in total. The molecule has 0 heterocycles. The summed E-state index contributed by atoms with van der Waals surface area (Å²) in [6.45, 7) is 3.02. The van der Waals surface area contributed by atoms with Crippen molar-refractivity contribution >= 4 is 11.7 Å². The second-order valence-corrected chi connectivity index (χ2v) is 4.42. The molecule has 0 unspecified atom stereocenters. The molecule has 1 aromatic carbocycles. The van der Waals surface area contributed by atoms with Crippen LogP contribution < -0.4 is 15.2 Å². The average Bonchev–Trinajstić information content (AvgIpc) is 2.46. The van der Waals surface area contributed by atoms with E-state index in [0.717, 1.165) is 12.8 Å². The van der Waals surface area contributed by atoms with E-state index < -0.39 is 0 Å². The Morgan fingerprint density at radius 2 is 1.90 bits per heavy atom. The molecule has 0 amide bonds. The summed E-state index contributed by atoms with van der Waals surface area (Å²) >= 11 is 0. The molecule has 0 aliphatic heterocycles. The lowest BCUT2D eigenvalue weighted by Crippen LogP contribution is -2.16. The smallest absolute Gasteiger partial charge is 0.332 e. The number of hydrogen-bond donors (Lipinski definition) is 1. The molecule has 0 saturated carbocycles. The number of nitrogen functional groups attached to an aromatic ring is 1. The number of nitrogens with two attached hydrogens (primary N) is 1. The molecule has 21 heavy (non-hydrogen) atoms. The first-order valence-corrected chi connectivity index (χ1v) is 6.96. The van der Waals surface area contributed by atoms with E-state index in [4.69, 9.17) is 24.7 Å². The van der Waals surface area contributed by atoms with Crippen molar-refractivity contribution in [2.75, 3.05) is 39.3 Å². The normalized spacial score (nSPS) is 10.2. The quantitative estimate of drug-likeness (QED) is 0.404. The Labute approximate surface area is 125 Å². The average molecular weight is 297 g/mol. The number of rotatable bonds is 10. The van der Waals surface area contributed by atoms with Crippen LogP contribution in [0.2, 0.25) is 0 Å². The molecule has 6 heteroatoms. The van der Waals surface area contributed by atoms with Crippen molar-refractivity contribution in [2.24, 2.45) is 0 Å². The summed E-state index contributed by atoms with van der Waals surface area (Å²) in [6, 6.07) is 5.13. The molecule has 0 fully saturated rings. The summed E-state index contributed by atoms with van der Waals surface area (Å²) in [5.41, 5.74) is 6.27. The first-order chi connectivity index (χ1) is 10.2. The van der Waals surface area contributed by atoms with Crippen molar-refractivity contribution in [3.63, 3.8) is 0 Å². The van der Waals surface area contributed by atoms with Gasteiger partial charge < -0.3 is 24.7 Å². The first kappa shape index (κ1) is 17.1. The van der Waals surface area contributed by atoms with Crippen molar-refractivity contribution in [2.45, 2.75) is 19.8 Å². The Balaban J connectivity index is 2.16. The van der Waals surface area contributed by atoms with Crippen LogP contribution in [0.3, 0.4) is 0 Å². The standard InChI is InChI=1S/C15H23NO5/c1-3-4-5-21-15(17)11-19-6-7-20-14-9-12(16)8-13(10-14)18-2/h8-10H,3-7,11,16H2,1-2H3. The minimum Gasteiger partial charge on any atom is -0.497 e. The van der Waals surface area contributed by atoms with Crippen molar-refractivity contribution in [1.29, 1.82) is 0 Å². The highest BCUT2D eigenvalue weighted by Crippen LogP contribution is 2.23. The Bertz CT molecular complexity index is 436. The van der Waals surface area contributed by atoms with Gasteiger partial charge in [-0.2, -0.15) is 0 Å². The van der Waals surface area contributed by atoms with Crippen LogP contribution in [-0.2, 0) is 14.3 Å². The van der Waals surface area contributed by atoms with Gasteiger partial charge in [0.1, 0.15) is 24.7 Å². The van der Waals surface area contributed by atoms with Crippen molar-refractivity contribution in [1.82, 2.24) is 0 Å². The number of methoxy groups -OCH3 is 1. The van der Waals surface area contributed by atoms with Crippen LogP contribution in [0, 0.1) is 0 Å². The van der Waals surface area contributed by atoms with E-state index in [1.54, 1.807) is 25.3 Å². The Morgan fingerprint density at radius 1 is 1.14 bits per heavy atom. The molecule has 2 N–H and O–H groups in total. The van der Waals surface area contributed by atoms with E-state index in [1.807, 2.05) is 6.92 Å². The first-order valence-electron chi connectivity index (χ1n) is 6.96. The van der Waals surface area contributed by atoms with Gasteiger partial charge in [-0.3, -0.25) is 0 Å². The highest BCUT2D eigenvalue weighted by Gasteiger charge is 2.03. The van der Waals surface area contributed by atoms with Gasteiger partial charge in [0.25, 0.3) is 0 Å². The zero-order chi connectivity index (χ0) is 15.5. The van der Waals surface area contributed by atoms with E-state index in [2.05, 4.69) is 0 Å². The zero-order valence-corrected chi connectivity index (χ0v) is 12.6. The number of benzene rings is 1.